The summed E-state index contributed by atoms with van der Waals surface area (Å²) in [5.74, 6) is 0.978. The van der Waals surface area contributed by atoms with Gasteiger partial charge in [-0.25, -0.2) is 4.98 Å². The first-order chi connectivity index (χ1) is 8.97. The van der Waals surface area contributed by atoms with E-state index in [1.807, 2.05) is 6.92 Å². The zero-order valence-corrected chi connectivity index (χ0v) is 12.0. The van der Waals surface area contributed by atoms with Gasteiger partial charge in [-0.3, -0.25) is 10.1 Å². The number of nitro benzene ring substituents is 1. The van der Waals surface area contributed by atoms with E-state index in [2.05, 4.69) is 20.9 Å². The summed E-state index contributed by atoms with van der Waals surface area (Å²) in [6.07, 6.45) is 1.66. The van der Waals surface area contributed by atoms with Crippen LogP contribution in [0.25, 0.3) is 0 Å². The van der Waals surface area contributed by atoms with Crippen molar-refractivity contribution in [3.05, 3.63) is 56.2 Å². The molecule has 0 saturated heterocycles. The van der Waals surface area contributed by atoms with E-state index in [9.17, 15) is 10.1 Å². The van der Waals surface area contributed by atoms with Crippen LogP contribution in [0.4, 0.5) is 5.69 Å². The topological polar surface area (TPSA) is 65.3 Å². The summed E-state index contributed by atoms with van der Waals surface area (Å²) >= 11 is 3.36. The van der Waals surface area contributed by atoms with Crippen LogP contribution in [0, 0.1) is 24.0 Å². The van der Waals surface area contributed by atoms with Gasteiger partial charge in [-0.2, -0.15) is 0 Å². The number of aryl methyl sites for hydroxylation is 2. The van der Waals surface area contributed by atoms with Crippen LogP contribution in [0.5, 0.6) is 11.6 Å². The van der Waals surface area contributed by atoms with E-state index in [-0.39, 0.29) is 5.69 Å². The molecule has 0 N–H and O–H groups in total. The molecule has 1 aromatic carbocycles. The Balaban J connectivity index is 2.26. The predicted molar refractivity (Wildman–Crippen MR) is 74.6 cm³/mol. The first-order valence-electron chi connectivity index (χ1n) is 5.52. The Morgan fingerprint density at radius 3 is 2.58 bits per heavy atom. The van der Waals surface area contributed by atoms with E-state index < -0.39 is 4.92 Å². The summed E-state index contributed by atoms with van der Waals surface area (Å²) in [5, 5.41) is 10.7. The molecular formula is C13H11BrN2O3. The molecule has 98 valence electrons. The highest BCUT2D eigenvalue weighted by molar-refractivity contribution is 9.10. The smallest absolute Gasteiger partial charge is 0.272 e. The Morgan fingerprint density at radius 1 is 1.26 bits per heavy atom. The number of benzene rings is 1. The third kappa shape index (κ3) is 3.08. The van der Waals surface area contributed by atoms with Crippen LogP contribution in [0.2, 0.25) is 0 Å². The maximum atomic E-state index is 10.7. The number of pyridine rings is 1. The Bertz CT molecular complexity index is 644. The van der Waals surface area contributed by atoms with E-state index in [4.69, 9.17) is 4.74 Å². The molecule has 0 unspecified atom stereocenters. The minimum Gasteiger partial charge on any atom is -0.439 e. The van der Waals surface area contributed by atoms with Crippen molar-refractivity contribution in [2.24, 2.45) is 0 Å². The van der Waals surface area contributed by atoms with Crippen molar-refractivity contribution in [1.82, 2.24) is 4.98 Å². The highest BCUT2D eigenvalue weighted by atomic mass is 79.9. The number of nitrogens with zero attached hydrogens (tertiary/aromatic N) is 2. The lowest BCUT2D eigenvalue weighted by Crippen LogP contribution is -1.93. The van der Waals surface area contributed by atoms with Crippen LogP contribution in [-0.4, -0.2) is 9.91 Å². The van der Waals surface area contributed by atoms with Crippen molar-refractivity contribution in [3.8, 4) is 11.6 Å². The molecule has 0 fully saturated rings. The fraction of sp³-hybridized carbons (Fsp3) is 0.154. The van der Waals surface area contributed by atoms with Gasteiger partial charge in [0.25, 0.3) is 5.69 Å². The minimum absolute atomic E-state index is 0.0762. The third-order valence-corrected chi connectivity index (χ3v) is 3.44. The van der Waals surface area contributed by atoms with Crippen LogP contribution < -0.4 is 4.74 Å². The second kappa shape index (κ2) is 5.36. The van der Waals surface area contributed by atoms with E-state index in [1.54, 1.807) is 31.3 Å². The summed E-state index contributed by atoms with van der Waals surface area (Å²) < 4.78 is 6.48. The number of halogens is 1. The van der Waals surface area contributed by atoms with Crippen molar-refractivity contribution in [2.45, 2.75) is 13.8 Å². The maximum absolute atomic E-state index is 10.7. The molecule has 0 aliphatic heterocycles. The Hall–Kier alpha value is -1.95. The zero-order valence-electron chi connectivity index (χ0n) is 10.4. The average Bonchev–Trinajstić information content (AvgIpc) is 2.33. The van der Waals surface area contributed by atoms with Gasteiger partial charge in [0.1, 0.15) is 5.75 Å². The second-order valence-electron chi connectivity index (χ2n) is 4.08. The summed E-state index contributed by atoms with van der Waals surface area (Å²) in [6.45, 7) is 3.60. The quantitative estimate of drug-likeness (QED) is 0.628. The molecule has 0 saturated carbocycles. The normalized spacial score (nSPS) is 10.3. The van der Waals surface area contributed by atoms with Gasteiger partial charge in [0.2, 0.25) is 5.88 Å². The van der Waals surface area contributed by atoms with Crippen molar-refractivity contribution in [2.75, 3.05) is 0 Å². The van der Waals surface area contributed by atoms with Crippen LogP contribution in [0.15, 0.2) is 34.9 Å². The first-order valence-corrected chi connectivity index (χ1v) is 6.31. The van der Waals surface area contributed by atoms with E-state index in [0.29, 0.717) is 17.2 Å². The lowest BCUT2D eigenvalue weighted by atomic mass is 10.2. The van der Waals surface area contributed by atoms with Crippen molar-refractivity contribution in [3.63, 3.8) is 0 Å². The van der Waals surface area contributed by atoms with Crippen LogP contribution in [0.1, 0.15) is 11.1 Å². The highest BCUT2D eigenvalue weighted by Gasteiger charge is 2.11. The van der Waals surface area contributed by atoms with Crippen LogP contribution >= 0.6 is 15.9 Å². The Morgan fingerprint density at radius 2 is 2.00 bits per heavy atom. The van der Waals surface area contributed by atoms with Crippen LogP contribution in [0.3, 0.4) is 0 Å². The molecule has 0 atom stereocenters. The van der Waals surface area contributed by atoms with Gasteiger partial charge in [0.15, 0.2) is 0 Å². The SMILES string of the molecule is Cc1cc(Oc2ccc([N+](=O)[O-])c(C)c2)ncc1Br. The monoisotopic (exact) mass is 322 g/mol. The molecule has 6 heteroatoms. The van der Waals surface area contributed by atoms with E-state index in [0.717, 1.165) is 10.0 Å². The summed E-state index contributed by atoms with van der Waals surface area (Å²) in [6, 6.07) is 6.40. The number of rotatable bonds is 3. The number of nitro groups is 1. The molecule has 2 rings (SSSR count). The summed E-state index contributed by atoms with van der Waals surface area (Å²) in [5.41, 5.74) is 1.63. The van der Waals surface area contributed by atoms with Crippen molar-refractivity contribution < 1.29 is 9.66 Å². The predicted octanol–water partition coefficient (Wildman–Crippen LogP) is 4.16. The molecule has 0 aliphatic carbocycles. The molecule has 1 heterocycles. The lowest BCUT2D eigenvalue weighted by Gasteiger charge is -2.07. The molecule has 0 spiro atoms. The zero-order chi connectivity index (χ0) is 14.0. The van der Waals surface area contributed by atoms with Gasteiger partial charge in [-0.1, -0.05) is 0 Å². The van der Waals surface area contributed by atoms with Gasteiger partial charge < -0.3 is 4.74 Å². The second-order valence-corrected chi connectivity index (χ2v) is 4.93. The Kier molecular flexibility index (Phi) is 3.80. The minimum atomic E-state index is -0.416. The fourth-order valence-electron chi connectivity index (χ4n) is 1.59. The maximum Gasteiger partial charge on any atom is 0.272 e. The number of hydrogen-bond donors (Lipinski definition) is 0. The number of aromatic nitrogens is 1. The Labute approximate surface area is 118 Å². The van der Waals surface area contributed by atoms with Crippen molar-refractivity contribution in [1.29, 1.82) is 0 Å². The first kappa shape index (κ1) is 13.5. The van der Waals surface area contributed by atoms with Crippen molar-refractivity contribution >= 4 is 21.6 Å². The van der Waals surface area contributed by atoms with Gasteiger partial charge >= 0.3 is 0 Å². The molecule has 5 nitrogen and oxygen atoms in total. The molecule has 0 aliphatic rings. The summed E-state index contributed by atoms with van der Waals surface area (Å²) in [7, 11) is 0. The summed E-state index contributed by atoms with van der Waals surface area (Å²) in [4.78, 5) is 14.4. The van der Waals surface area contributed by atoms with Gasteiger partial charge in [0, 0.05) is 28.4 Å². The molecule has 0 bridgehead atoms. The van der Waals surface area contributed by atoms with Gasteiger partial charge in [0.05, 0.1) is 4.92 Å². The molecule has 0 radical (unpaired) electrons. The van der Waals surface area contributed by atoms with Gasteiger partial charge in [-0.05, 0) is 47.5 Å². The molecule has 19 heavy (non-hydrogen) atoms. The molecular weight excluding hydrogens is 312 g/mol. The highest BCUT2D eigenvalue weighted by Crippen LogP contribution is 2.27. The average molecular weight is 323 g/mol. The lowest BCUT2D eigenvalue weighted by molar-refractivity contribution is -0.385. The molecule has 1 aromatic heterocycles. The standard InChI is InChI=1S/C13H11BrN2O3/c1-8-6-13(15-7-11(8)14)19-10-3-4-12(16(17)18)9(2)5-10/h3-7H,1-2H3. The largest absolute Gasteiger partial charge is 0.439 e. The van der Waals surface area contributed by atoms with E-state index >= 15 is 0 Å². The van der Waals surface area contributed by atoms with Crippen LogP contribution in [-0.2, 0) is 0 Å². The number of hydrogen-bond acceptors (Lipinski definition) is 4. The third-order valence-electron chi connectivity index (χ3n) is 2.61. The fourth-order valence-corrected chi connectivity index (χ4v) is 1.80. The molecule has 0 amide bonds. The molecule has 2 aromatic rings. The van der Waals surface area contributed by atoms with E-state index in [1.165, 1.54) is 6.07 Å². The number of ether oxygens (including phenoxy) is 1. The van der Waals surface area contributed by atoms with Gasteiger partial charge in [-0.15, -0.1) is 0 Å².